The maximum Gasteiger partial charge on any atom is 0.262 e. The van der Waals surface area contributed by atoms with Crippen LogP contribution >= 0.6 is 0 Å². The summed E-state index contributed by atoms with van der Waals surface area (Å²) in [5.74, 6) is 5.35. The Balaban J connectivity index is 2.16. The molecule has 2 rings (SSSR count). The lowest BCUT2D eigenvalue weighted by molar-refractivity contribution is 0.0290. The van der Waals surface area contributed by atoms with Gasteiger partial charge in [0.15, 0.2) is 5.03 Å². The van der Waals surface area contributed by atoms with E-state index in [0.29, 0.717) is 38.2 Å². The summed E-state index contributed by atoms with van der Waals surface area (Å²) < 4.78 is 32.1. The van der Waals surface area contributed by atoms with Crippen LogP contribution in [0.5, 0.6) is 0 Å². The molecule has 1 aromatic heterocycles. The van der Waals surface area contributed by atoms with Gasteiger partial charge >= 0.3 is 0 Å². The Labute approximate surface area is 119 Å². The predicted octanol–water partition coefficient (Wildman–Crippen LogP) is 0.557. The van der Waals surface area contributed by atoms with E-state index >= 15 is 0 Å². The average molecular weight is 300 g/mol. The molecule has 0 aromatic carbocycles. The van der Waals surface area contributed by atoms with E-state index in [1.807, 2.05) is 6.92 Å². The molecule has 0 atom stereocenters. The van der Waals surface area contributed by atoms with Gasteiger partial charge in [-0.1, -0.05) is 0 Å². The summed E-state index contributed by atoms with van der Waals surface area (Å²) in [5.41, 5.74) is 2.68. The largest absolute Gasteiger partial charge is 0.378 e. The highest BCUT2D eigenvalue weighted by Crippen LogP contribution is 2.25. The summed E-state index contributed by atoms with van der Waals surface area (Å²) in [4.78, 5) is 3.95. The fraction of sp³-hybridized carbons (Fsp3) is 0.583. The van der Waals surface area contributed by atoms with Crippen molar-refractivity contribution in [1.29, 1.82) is 0 Å². The van der Waals surface area contributed by atoms with Crippen molar-refractivity contribution in [2.75, 3.05) is 25.1 Å². The molecule has 0 amide bonds. The Morgan fingerprint density at radius 1 is 1.50 bits per heavy atom. The zero-order valence-electron chi connectivity index (χ0n) is 11.4. The SMILES string of the molecule is CCOC1CCN(S(=O)(=O)c2ncccc2NN)CC1. The molecule has 112 valence electrons. The second-order valence-corrected chi connectivity index (χ2v) is 6.41. The van der Waals surface area contributed by atoms with Gasteiger partial charge in [-0.25, -0.2) is 13.4 Å². The number of rotatable bonds is 5. The van der Waals surface area contributed by atoms with Crippen molar-refractivity contribution in [3.63, 3.8) is 0 Å². The molecule has 20 heavy (non-hydrogen) atoms. The third-order valence-electron chi connectivity index (χ3n) is 3.31. The molecule has 0 bridgehead atoms. The van der Waals surface area contributed by atoms with E-state index in [1.165, 1.54) is 10.5 Å². The van der Waals surface area contributed by atoms with E-state index in [4.69, 9.17) is 10.6 Å². The molecule has 8 heteroatoms. The number of anilines is 1. The molecular formula is C12H20N4O3S. The van der Waals surface area contributed by atoms with Gasteiger partial charge in [-0.05, 0) is 31.9 Å². The number of sulfonamides is 1. The first-order valence-corrected chi connectivity index (χ1v) is 8.07. The number of nitrogens with two attached hydrogens (primary N) is 1. The minimum Gasteiger partial charge on any atom is -0.378 e. The minimum atomic E-state index is -3.62. The lowest BCUT2D eigenvalue weighted by Gasteiger charge is -2.30. The number of piperidine rings is 1. The maximum absolute atomic E-state index is 12.6. The van der Waals surface area contributed by atoms with Crippen molar-refractivity contribution in [3.8, 4) is 0 Å². The Morgan fingerprint density at radius 2 is 2.20 bits per heavy atom. The zero-order valence-corrected chi connectivity index (χ0v) is 12.3. The van der Waals surface area contributed by atoms with Gasteiger partial charge in [-0.15, -0.1) is 0 Å². The summed E-state index contributed by atoms with van der Waals surface area (Å²) in [6.45, 7) is 3.47. The second-order valence-electron chi connectivity index (χ2n) is 4.56. The maximum atomic E-state index is 12.6. The topological polar surface area (TPSA) is 97.5 Å². The third-order valence-corrected chi connectivity index (χ3v) is 5.17. The van der Waals surface area contributed by atoms with E-state index < -0.39 is 10.0 Å². The number of aromatic nitrogens is 1. The van der Waals surface area contributed by atoms with Gasteiger partial charge in [0.1, 0.15) is 0 Å². The first-order chi connectivity index (χ1) is 9.59. The van der Waals surface area contributed by atoms with Crippen LogP contribution in [0.1, 0.15) is 19.8 Å². The number of nitrogens with zero attached hydrogens (tertiary/aromatic N) is 2. The highest BCUT2D eigenvalue weighted by Gasteiger charge is 2.32. The lowest BCUT2D eigenvalue weighted by atomic mass is 10.1. The van der Waals surface area contributed by atoms with E-state index in [1.54, 1.807) is 12.1 Å². The lowest BCUT2D eigenvalue weighted by Crippen LogP contribution is -2.41. The van der Waals surface area contributed by atoms with Gasteiger partial charge in [-0.2, -0.15) is 4.31 Å². The summed E-state index contributed by atoms with van der Waals surface area (Å²) in [6, 6.07) is 3.22. The first-order valence-electron chi connectivity index (χ1n) is 6.63. The van der Waals surface area contributed by atoms with Gasteiger partial charge in [0.05, 0.1) is 11.8 Å². The Hall–Kier alpha value is -1.22. The van der Waals surface area contributed by atoms with Gasteiger partial charge < -0.3 is 10.2 Å². The number of nitrogen functional groups attached to an aromatic ring is 1. The fourth-order valence-electron chi connectivity index (χ4n) is 2.30. The minimum absolute atomic E-state index is 0.0302. The fourth-order valence-corrected chi connectivity index (χ4v) is 3.84. The molecule has 0 saturated carbocycles. The van der Waals surface area contributed by atoms with E-state index in [2.05, 4.69) is 10.4 Å². The molecule has 1 aliphatic rings. The standard InChI is InChI=1S/C12H20N4O3S/c1-2-19-10-5-8-16(9-6-10)20(17,18)12-11(15-13)4-3-7-14-12/h3-4,7,10,15H,2,5-6,8-9,13H2,1H3. The van der Waals surface area contributed by atoms with Gasteiger partial charge in [0, 0.05) is 25.9 Å². The van der Waals surface area contributed by atoms with E-state index in [-0.39, 0.29) is 11.1 Å². The highest BCUT2D eigenvalue weighted by molar-refractivity contribution is 7.89. The van der Waals surface area contributed by atoms with Crippen molar-refractivity contribution in [2.45, 2.75) is 30.9 Å². The second kappa shape index (κ2) is 6.49. The highest BCUT2D eigenvalue weighted by atomic mass is 32.2. The molecule has 1 aliphatic heterocycles. The quantitative estimate of drug-likeness (QED) is 0.609. The van der Waals surface area contributed by atoms with Crippen LogP contribution in [0, 0.1) is 0 Å². The van der Waals surface area contributed by atoms with Crippen LogP contribution in [0.3, 0.4) is 0 Å². The van der Waals surface area contributed by atoms with Crippen molar-refractivity contribution in [2.24, 2.45) is 5.84 Å². The summed E-state index contributed by atoms with van der Waals surface area (Å²) >= 11 is 0. The van der Waals surface area contributed by atoms with Crippen LogP contribution in [-0.2, 0) is 14.8 Å². The monoisotopic (exact) mass is 300 g/mol. The zero-order chi connectivity index (χ0) is 14.6. The molecule has 3 N–H and O–H groups in total. The molecular weight excluding hydrogens is 280 g/mol. The average Bonchev–Trinajstić information content (AvgIpc) is 2.48. The number of pyridine rings is 1. The summed E-state index contributed by atoms with van der Waals surface area (Å²) in [5, 5.41) is -0.0302. The predicted molar refractivity (Wildman–Crippen MR) is 75.5 cm³/mol. The molecule has 2 heterocycles. The number of hydrazine groups is 1. The normalized spacial score (nSPS) is 18.1. The molecule has 0 unspecified atom stereocenters. The number of hydrogen-bond donors (Lipinski definition) is 2. The van der Waals surface area contributed by atoms with Crippen LogP contribution in [-0.4, -0.2) is 43.5 Å². The van der Waals surface area contributed by atoms with Crippen LogP contribution in [0.2, 0.25) is 0 Å². The van der Waals surface area contributed by atoms with Gasteiger partial charge in [0.25, 0.3) is 10.0 Å². The van der Waals surface area contributed by atoms with Crippen molar-refractivity contribution < 1.29 is 13.2 Å². The van der Waals surface area contributed by atoms with Crippen LogP contribution in [0.25, 0.3) is 0 Å². The molecule has 1 fully saturated rings. The smallest absolute Gasteiger partial charge is 0.262 e. The molecule has 7 nitrogen and oxygen atoms in total. The first kappa shape index (κ1) is 15.2. The molecule has 0 radical (unpaired) electrons. The molecule has 0 spiro atoms. The van der Waals surface area contributed by atoms with E-state index in [9.17, 15) is 8.42 Å². The number of hydrogen-bond acceptors (Lipinski definition) is 6. The molecule has 1 aromatic rings. The Morgan fingerprint density at radius 3 is 2.80 bits per heavy atom. The Kier molecular flexibility index (Phi) is 4.92. The van der Waals surface area contributed by atoms with Gasteiger partial charge in [-0.3, -0.25) is 5.84 Å². The summed E-state index contributed by atoms with van der Waals surface area (Å²) in [6.07, 6.45) is 2.99. The third kappa shape index (κ3) is 3.09. The van der Waals surface area contributed by atoms with Crippen LogP contribution < -0.4 is 11.3 Å². The summed E-state index contributed by atoms with van der Waals surface area (Å²) in [7, 11) is -3.62. The Bertz CT molecular complexity index is 541. The van der Waals surface area contributed by atoms with Crippen LogP contribution in [0.15, 0.2) is 23.4 Å². The number of nitrogens with one attached hydrogen (secondary N) is 1. The van der Waals surface area contributed by atoms with Gasteiger partial charge in [0.2, 0.25) is 0 Å². The van der Waals surface area contributed by atoms with Crippen LogP contribution in [0.4, 0.5) is 5.69 Å². The van der Waals surface area contributed by atoms with Crippen molar-refractivity contribution in [1.82, 2.24) is 9.29 Å². The van der Waals surface area contributed by atoms with E-state index in [0.717, 1.165) is 0 Å². The molecule has 0 aliphatic carbocycles. The van der Waals surface area contributed by atoms with Crippen molar-refractivity contribution in [3.05, 3.63) is 18.3 Å². The number of ether oxygens (including phenoxy) is 1. The molecule has 1 saturated heterocycles. The van der Waals surface area contributed by atoms with Crippen molar-refractivity contribution >= 4 is 15.7 Å².